The van der Waals surface area contributed by atoms with Gasteiger partial charge in [-0.1, -0.05) is 29.8 Å². The molecule has 2 rings (SSSR count). The van der Waals surface area contributed by atoms with E-state index in [0.717, 1.165) is 16.3 Å². The van der Waals surface area contributed by atoms with Crippen molar-refractivity contribution >= 4 is 47.2 Å². The molecule has 5 nitrogen and oxygen atoms in total. The Morgan fingerprint density at radius 3 is 2.56 bits per heavy atom. The van der Waals surface area contributed by atoms with Crippen LogP contribution in [0.1, 0.15) is 12.5 Å². The number of benzene rings is 2. The van der Waals surface area contributed by atoms with Gasteiger partial charge >= 0.3 is 0 Å². The van der Waals surface area contributed by atoms with E-state index in [0.29, 0.717) is 30.6 Å². The first kappa shape index (κ1) is 21.4. The molecule has 25 heavy (non-hydrogen) atoms. The van der Waals surface area contributed by atoms with Crippen molar-refractivity contribution in [2.75, 3.05) is 26.1 Å². The molecule has 0 unspecified atom stereocenters. The number of guanidine groups is 1. The van der Waals surface area contributed by atoms with Crippen LogP contribution < -0.4 is 20.1 Å². The van der Waals surface area contributed by atoms with E-state index in [1.54, 1.807) is 14.2 Å². The van der Waals surface area contributed by atoms with Gasteiger partial charge in [0.05, 0.1) is 13.7 Å². The summed E-state index contributed by atoms with van der Waals surface area (Å²) >= 11 is 6.17. The number of nitrogens with one attached hydrogen (secondary N) is 2. The molecule has 0 bridgehead atoms. The Kier molecular flexibility index (Phi) is 9.44. The number of rotatable bonds is 6. The van der Waals surface area contributed by atoms with E-state index in [1.807, 2.05) is 49.4 Å². The monoisotopic (exact) mass is 475 g/mol. The van der Waals surface area contributed by atoms with Gasteiger partial charge in [0.15, 0.2) is 17.5 Å². The summed E-state index contributed by atoms with van der Waals surface area (Å²) in [5.74, 6) is 2.02. The van der Waals surface area contributed by atoms with Gasteiger partial charge in [-0.15, -0.1) is 24.0 Å². The lowest BCUT2D eigenvalue weighted by molar-refractivity contribution is 0.311. The molecule has 0 saturated carbocycles. The molecule has 0 aliphatic carbocycles. The van der Waals surface area contributed by atoms with Crippen LogP contribution in [0.2, 0.25) is 5.02 Å². The van der Waals surface area contributed by atoms with Gasteiger partial charge in [-0.25, -0.2) is 0 Å². The Labute approximate surface area is 170 Å². The first-order valence-corrected chi connectivity index (χ1v) is 8.07. The van der Waals surface area contributed by atoms with Crippen LogP contribution in [-0.2, 0) is 6.54 Å². The van der Waals surface area contributed by atoms with Gasteiger partial charge < -0.3 is 20.1 Å². The normalized spacial score (nSPS) is 10.6. The average Bonchev–Trinajstić information content (AvgIpc) is 2.60. The summed E-state index contributed by atoms with van der Waals surface area (Å²) in [6.45, 7) is 3.08. The lowest BCUT2D eigenvalue weighted by atomic mass is 10.2. The third-order valence-corrected chi connectivity index (χ3v) is 3.72. The van der Waals surface area contributed by atoms with E-state index in [4.69, 9.17) is 21.1 Å². The standard InChI is InChI=1S/C18H22ClN3O2.HI/c1-4-24-17-11-14(9-10-16(17)23-3)22-18(20-2)21-12-13-7-5-6-8-15(13)19;/h5-11H,4,12H2,1-3H3,(H2,20,21,22);1H. The highest BCUT2D eigenvalue weighted by Gasteiger charge is 2.07. The molecule has 7 heteroatoms. The van der Waals surface area contributed by atoms with Crippen molar-refractivity contribution in [2.45, 2.75) is 13.5 Å². The molecule has 136 valence electrons. The number of halogens is 2. The zero-order valence-corrected chi connectivity index (χ0v) is 17.6. The van der Waals surface area contributed by atoms with Crippen molar-refractivity contribution in [1.29, 1.82) is 0 Å². The fourth-order valence-electron chi connectivity index (χ4n) is 2.16. The zero-order valence-electron chi connectivity index (χ0n) is 14.5. The second-order valence-electron chi connectivity index (χ2n) is 4.94. The maximum Gasteiger partial charge on any atom is 0.195 e. The van der Waals surface area contributed by atoms with Crippen molar-refractivity contribution in [3.8, 4) is 11.5 Å². The molecule has 0 fully saturated rings. The summed E-state index contributed by atoms with van der Waals surface area (Å²) in [5.41, 5.74) is 1.86. The number of aliphatic imine (C=N–C) groups is 1. The first-order chi connectivity index (χ1) is 11.7. The minimum absolute atomic E-state index is 0. The largest absolute Gasteiger partial charge is 0.493 e. The fourth-order valence-corrected chi connectivity index (χ4v) is 2.36. The SMILES string of the molecule is CCOc1cc(NC(=NC)NCc2ccccc2Cl)ccc1OC.I. The minimum Gasteiger partial charge on any atom is -0.493 e. The van der Waals surface area contributed by atoms with Gasteiger partial charge in [0.25, 0.3) is 0 Å². The highest BCUT2D eigenvalue weighted by molar-refractivity contribution is 14.0. The highest BCUT2D eigenvalue weighted by atomic mass is 127. The number of ether oxygens (including phenoxy) is 2. The van der Waals surface area contributed by atoms with E-state index in [9.17, 15) is 0 Å². The first-order valence-electron chi connectivity index (χ1n) is 7.69. The number of hydrogen-bond donors (Lipinski definition) is 2. The third-order valence-electron chi connectivity index (χ3n) is 3.35. The van der Waals surface area contributed by atoms with E-state index in [2.05, 4.69) is 15.6 Å². The molecular weight excluding hydrogens is 453 g/mol. The van der Waals surface area contributed by atoms with Crippen LogP contribution in [-0.4, -0.2) is 26.7 Å². The van der Waals surface area contributed by atoms with Crippen molar-refractivity contribution in [3.63, 3.8) is 0 Å². The molecule has 2 aromatic rings. The number of nitrogens with zero attached hydrogens (tertiary/aromatic N) is 1. The fraction of sp³-hybridized carbons (Fsp3) is 0.278. The molecule has 0 aromatic heterocycles. The molecule has 0 saturated heterocycles. The Morgan fingerprint density at radius 1 is 1.16 bits per heavy atom. The minimum atomic E-state index is 0. The smallest absolute Gasteiger partial charge is 0.195 e. The van der Waals surface area contributed by atoms with E-state index < -0.39 is 0 Å². The topological polar surface area (TPSA) is 54.9 Å². The van der Waals surface area contributed by atoms with Crippen molar-refractivity contribution in [1.82, 2.24) is 5.32 Å². The molecule has 0 aliphatic rings. The van der Waals surface area contributed by atoms with Crippen LogP contribution in [0.5, 0.6) is 11.5 Å². The number of anilines is 1. The van der Waals surface area contributed by atoms with Crippen LogP contribution in [0, 0.1) is 0 Å². The van der Waals surface area contributed by atoms with E-state index in [-0.39, 0.29) is 24.0 Å². The summed E-state index contributed by atoms with van der Waals surface area (Å²) < 4.78 is 10.9. The maximum absolute atomic E-state index is 6.17. The molecule has 2 N–H and O–H groups in total. The van der Waals surface area contributed by atoms with Crippen molar-refractivity contribution in [3.05, 3.63) is 53.1 Å². The Bertz CT molecular complexity index is 710. The molecule has 0 radical (unpaired) electrons. The summed E-state index contributed by atoms with van der Waals surface area (Å²) in [6.07, 6.45) is 0. The molecule has 0 atom stereocenters. The second-order valence-corrected chi connectivity index (χ2v) is 5.35. The van der Waals surface area contributed by atoms with Gasteiger partial charge in [-0.05, 0) is 30.7 Å². The number of hydrogen-bond acceptors (Lipinski definition) is 3. The molecule has 2 aromatic carbocycles. The van der Waals surface area contributed by atoms with Crippen LogP contribution in [0.3, 0.4) is 0 Å². The quantitative estimate of drug-likeness (QED) is 0.366. The highest BCUT2D eigenvalue weighted by Crippen LogP contribution is 2.30. The van der Waals surface area contributed by atoms with Gasteiger partial charge in [0.1, 0.15) is 0 Å². The van der Waals surface area contributed by atoms with E-state index >= 15 is 0 Å². The lowest BCUT2D eigenvalue weighted by Gasteiger charge is -2.15. The predicted molar refractivity (Wildman–Crippen MR) is 115 cm³/mol. The maximum atomic E-state index is 6.17. The summed E-state index contributed by atoms with van der Waals surface area (Å²) in [4.78, 5) is 4.23. The molecule has 0 aliphatic heterocycles. The third kappa shape index (κ3) is 6.28. The van der Waals surface area contributed by atoms with Gasteiger partial charge in [-0.2, -0.15) is 0 Å². The average molecular weight is 476 g/mol. The van der Waals surface area contributed by atoms with Crippen molar-refractivity contribution < 1.29 is 9.47 Å². The summed E-state index contributed by atoms with van der Waals surface area (Å²) in [6, 6.07) is 13.3. The lowest BCUT2D eigenvalue weighted by Crippen LogP contribution is -2.30. The summed E-state index contributed by atoms with van der Waals surface area (Å²) in [7, 11) is 3.34. The Balaban J connectivity index is 0.00000312. The van der Waals surface area contributed by atoms with Crippen molar-refractivity contribution in [2.24, 2.45) is 4.99 Å². The Morgan fingerprint density at radius 2 is 1.92 bits per heavy atom. The van der Waals surface area contributed by atoms with Crippen LogP contribution >= 0.6 is 35.6 Å². The zero-order chi connectivity index (χ0) is 17.4. The number of methoxy groups -OCH3 is 1. The molecule has 0 heterocycles. The second kappa shape index (κ2) is 11.0. The molecular formula is C18H23ClIN3O2. The van der Waals surface area contributed by atoms with Crippen LogP contribution in [0.4, 0.5) is 5.69 Å². The predicted octanol–water partition coefficient (Wildman–Crippen LogP) is 4.55. The van der Waals surface area contributed by atoms with Crippen LogP contribution in [0.15, 0.2) is 47.5 Å². The van der Waals surface area contributed by atoms with Gasteiger partial charge in [0.2, 0.25) is 0 Å². The summed E-state index contributed by atoms with van der Waals surface area (Å²) in [5, 5.41) is 7.19. The van der Waals surface area contributed by atoms with Gasteiger partial charge in [0, 0.05) is 30.4 Å². The molecule has 0 amide bonds. The van der Waals surface area contributed by atoms with Gasteiger partial charge in [-0.3, -0.25) is 4.99 Å². The Hall–Kier alpha value is -1.67. The van der Waals surface area contributed by atoms with E-state index in [1.165, 1.54) is 0 Å². The van der Waals surface area contributed by atoms with Crippen LogP contribution in [0.25, 0.3) is 0 Å². The molecule has 0 spiro atoms.